The van der Waals surface area contributed by atoms with Crippen molar-refractivity contribution >= 4 is 17.7 Å². The van der Waals surface area contributed by atoms with E-state index in [0.717, 1.165) is 24.5 Å². The monoisotopic (exact) mass is 352 g/mol. The van der Waals surface area contributed by atoms with Gasteiger partial charge in [-0.05, 0) is 57.6 Å². The fourth-order valence-electron chi connectivity index (χ4n) is 3.58. The maximum Gasteiger partial charge on any atom is 0.302 e. The second-order valence-electron chi connectivity index (χ2n) is 7.04. The number of ether oxygens (including phenoxy) is 2. The van der Waals surface area contributed by atoms with E-state index in [0.29, 0.717) is 31.2 Å². The minimum Gasteiger partial charge on any atom is -0.466 e. The van der Waals surface area contributed by atoms with Crippen molar-refractivity contribution in [2.75, 3.05) is 19.5 Å². The Labute approximate surface area is 151 Å². The lowest BCUT2D eigenvalue weighted by Gasteiger charge is -2.26. The molecular formula is C20H32O3S. The standard InChI is InChI=1S/C20H32O3S/c1-16(21)22-14-3-15-23-19-10-6-17(7-11-19)4-5-18-8-12-20(24-2)13-9-18/h17-20H,3,6-15H2,1-2H3. The van der Waals surface area contributed by atoms with E-state index in [4.69, 9.17) is 9.47 Å². The predicted molar refractivity (Wildman–Crippen MR) is 100.0 cm³/mol. The van der Waals surface area contributed by atoms with Gasteiger partial charge in [0, 0.05) is 30.4 Å². The van der Waals surface area contributed by atoms with E-state index < -0.39 is 0 Å². The van der Waals surface area contributed by atoms with Crippen LogP contribution in [0.3, 0.4) is 0 Å². The van der Waals surface area contributed by atoms with E-state index in [2.05, 4.69) is 18.1 Å². The van der Waals surface area contributed by atoms with Gasteiger partial charge in [-0.2, -0.15) is 11.8 Å². The van der Waals surface area contributed by atoms with Gasteiger partial charge in [0.15, 0.2) is 0 Å². The predicted octanol–water partition coefficient (Wildman–Crippen LogP) is 4.44. The lowest BCUT2D eigenvalue weighted by molar-refractivity contribution is -0.141. The normalized spacial score (nSPS) is 30.2. The van der Waals surface area contributed by atoms with E-state index in [9.17, 15) is 4.79 Å². The lowest BCUT2D eigenvalue weighted by Crippen LogP contribution is -2.22. The average molecular weight is 353 g/mol. The number of rotatable bonds is 6. The molecule has 0 saturated heterocycles. The molecule has 0 aromatic heterocycles. The summed E-state index contributed by atoms with van der Waals surface area (Å²) in [7, 11) is 0. The van der Waals surface area contributed by atoms with Crippen LogP contribution in [0, 0.1) is 23.7 Å². The van der Waals surface area contributed by atoms with E-state index in [1.807, 2.05) is 11.8 Å². The Morgan fingerprint density at radius 1 is 0.958 bits per heavy atom. The number of thioether (sulfide) groups is 1. The van der Waals surface area contributed by atoms with Gasteiger partial charge in [-0.3, -0.25) is 4.79 Å². The Morgan fingerprint density at radius 3 is 2.08 bits per heavy atom. The third-order valence-electron chi connectivity index (χ3n) is 5.12. The van der Waals surface area contributed by atoms with Gasteiger partial charge in [0.2, 0.25) is 0 Å². The molecule has 0 radical (unpaired) electrons. The second kappa shape index (κ2) is 11.1. The van der Waals surface area contributed by atoms with Crippen LogP contribution in [-0.4, -0.2) is 36.8 Å². The Balaban J connectivity index is 1.56. The van der Waals surface area contributed by atoms with Crippen LogP contribution in [-0.2, 0) is 14.3 Å². The molecule has 0 spiro atoms. The van der Waals surface area contributed by atoms with Crippen molar-refractivity contribution in [3.8, 4) is 11.8 Å². The van der Waals surface area contributed by atoms with Crippen LogP contribution >= 0.6 is 11.8 Å². The van der Waals surface area contributed by atoms with Gasteiger partial charge in [0.25, 0.3) is 0 Å². The van der Waals surface area contributed by atoms with Crippen molar-refractivity contribution in [1.29, 1.82) is 0 Å². The summed E-state index contributed by atoms with van der Waals surface area (Å²) in [6.45, 7) is 2.60. The van der Waals surface area contributed by atoms with Gasteiger partial charge in [0.1, 0.15) is 0 Å². The molecule has 2 fully saturated rings. The zero-order valence-electron chi connectivity index (χ0n) is 15.2. The molecule has 0 bridgehead atoms. The van der Waals surface area contributed by atoms with Gasteiger partial charge >= 0.3 is 5.97 Å². The van der Waals surface area contributed by atoms with Crippen LogP contribution in [0.25, 0.3) is 0 Å². The molecule has 24 heavy (non-hydrogen) atoms. The molecule has 136 valence electrons. The summed E-state index contributed by atoms with van der Waals surface area (Å²) in [5, 5.41) is 0.872. The molecular weight excluding hydrogens is 320 g/mol. The van der Waals surface area contributed by atoms with E-state index in [1.165, 1.54) is 45.4 Å². The summed E-state index contributed by atoms with van der Waals surface area (Å²) in [5.74, 6) is 8.14. The lowest BCUT2D eigenvalue weighted by atomic mass is 9.85. The molecule has 2 aliphatic rings. The molecule has 0 unspecified atom stereocenters. The van der Waals surface area contributed by atoms with Crippen molar-refractivity contribution in [2.45, 2.75) is 76.1 Å². The highest BCUT2D eigenvalue weighted by Gasteiger charge is 2.21. The summed E-state index contributed by atoms with van der Waals surface area (Å²) >= 11 is 2.02. The van der Waals surface area contributed by atoms with E-state index in [1.54, 1.807) is 0 Å². The van der Waals surface area contributed by atoms with Crippen LogP contribution < -0.4 is 0 Å². The summed E-state index contributed by atoms with van der Waals surface area (Å²) in [6.07, 6.45) is 13.2. The molecule has 0 atom stereocenters. The smallest absolute Gasteiger partial charge is 0.302 e. The van der Waals surface area contributed by atoms with Crippen molar-refractivity contribution in [1.82, 2.24) is 0 Å². The summed E-state index contributed by atoms with van der Waals surface area (Å²) < 4.78 is 10.8. The maximum absolute atomic E-state index is 10.7. The highest BCUT2D eigenvalue weighted by Crippen LogP contribution is 2.31. The molecule has 0 amide bonds. The molecule has 3 nitrogen and oxygen atoms in total. The Kier molecular flexibility index (Phi) is 9.05. The Bertz CT molecular complexity index is 424. The van der Waals surface area contributed by atoms with Crippen LogP contribution in [0.5, 0.6) is 0 Å². The van der Waals surface area contributed by atoms with Crippen LogP contribution in [0.15, 0.2) is 0 Å². The van der Waals surface area contributed by atoms with Crippen molar-refractivity contribution in [2.24, 2.45) is 11.8 Å². The molecule has 2 rings (SSSR count). The van der Waals surface area contributed by atoms with E-state index >= 15 is 0 Å². The third-order valence-corrected chi connectivity index (χ3v) is 6.26. The maximum atomic E-state index is 10.7. The van der Waals surface area contributed by atoms with Gasteiger partial charge in [0.05, 0.1) is 19.3 Å². The molecule has 2 aliphatic carbocycles. The van der Waals surface area contributed by atoms with Crippen LogP contribution in [0.4, 0.5) is 0 Å². The van der Waals surface area contributed by atoms with E-state index in [-0.39, 0.29) is 5.97 Å². The summed E-state index contributed by atoms with van der Waals surface area (Å²) in [5.41, 5.74) is 0. The minimum atomic E-state index is -0.212. The highest BCUT2D eigenvalue weighted by atomic mass is 32.2. The second-order valence-corrected chi connectivity index (χ2v) is 8.17. The number of hydrogen-bond donors (Lipinski definition) is 0. The van der Waals surface area contributed by atoms with Crippen molar-refractivity contribution in [3.63, 3.8) is 0 Å². The SMILES string of the molecule is CSC1CCC(C#CC2CCC(OCCCOC(C)=O)CC2)CC1. The van der Waals surface area contributed by atoms with Gasteiger partial charge in [-0.25, -0.2) is 0 Å². The average Bonchev–Trinajstić information content (AvgIpc) is 2.61. The third kappa shape index (κ3) is 7.49. The number of carbonyl (C=O) groups excluding carboxylic acids is 1. The molecule has 4 heteroatoms. The number of hydrogen-bond acceptors (Lipinski definition) is 4. The van der Waals surface area contributed by atoms with Crippen LogP contribution in [0.1, 0.15) is 64.7 Å². The summed E-state index contributed by atoms with van der Waals surface area (Å²) in [4.78, 5) is 10.7. The highest BCUT2D eigenvalue weighted by molar-refractivity contribution is 7.99. The molecule has 0 aromatic carbocycles. The molecule has 0 N–H and O–H groups in total. The van der Waals surface area contributed by atoms with Gasteiger partial charge in [-0.15, -0.1) is 0 Å². The fraction of sp³-hybridized carbons (Fsp3) is 0.850. The van der Waals surface area contributed by atoms with Gasteiger partial charge < -0.3 is 9.47 Å². The Morgan fingerprint density at radius 2 is 1.54 bits per heavy atom. The molecule has 0 heterocycles. The first-order valence-corrected chi connectivity index (χ1v) is 10.7. The quantitative estimate of drug-likeness (QED) is 0.402. The Hall–Kier alpha value is -0.660. The molecule has 2 saturated carbocycles. The first-order chi connectivity index (χ1) is 11.7. The van der Waals surface area contributed by atoms with Crippen molar-refractivity contribution in [3.05, 3.63) is 0 Å². The largest absolute Gasteiger partial charge is 0.466 e. The topological polar surface area (TPSA) is 35.5 Å². The minimum absolute atomic E-state index is 0.212. The molecule has 0 aromatic rings. The first kappa shape index (κ1) is 19.7. The van der Waals surface area contributed by atoms with Gasteiger partial charge in [-0.1, -0.05) is 11.8 Å². The zero-order valence-corrected chi connectivity index (χ0v) is 16.0. The molecule has 0 aliphatic heterocycles. The van der Waals surface area contributed by atoms with Crippen LogP contribution in [0.2, 0.25) is 0 Å². The first-order valence-electron chi connectivity index (χ1n) is 9.46. The summed E-state index contributed by atoms with van der Waals surface area (Å²) in [6, 6.07) is 0. The zero-order chi connectivity index (χ0) is 17.2. The fourth-order valence-corrected chi connectivity index (χ4v) is 4.32. The number of carbonyl (C=O) groups is 1. The number of esters is 1. The van der Waals surface area contributed by atoms with Crippen molar-refractivity contribution < 1.29 is 14.3 Å².